The van der Waals surface area contributed by atoms with Crippen molar-refractivity contribution in [3.8, 4) is 0 Å². The Labute approximate surface area is 115 Å². The molecule has 1 aliphatic carbocycles. The molecule has 3 N–H and O–H groups in total. The zero-order valence-electron chi connectivity index (χ0n) is 11.8. The first-order chi connectivity index (χ1) is 9.06. The molecule has 0 aromatic carbocycles. The van der Waals surface area contributed by atoms with E-state index in [-0.39, 0.29) is 18.1 Å². The molecule has 5 unspecified atom stereocenters. The molecule has 3 fully saturated rings. The molecule has 2 saturated heterocycles. The third-order valence-corrected chi connectivity index (χ3v) is 5.49. The lowest BCUT2D eigenvalue weighted by Gasteiger charge is -2.42. The number of carbonyl (C=O) groups is 1. The van der Waals surface area contributed by atoms with Crippen molar-refractivity contribution in [3.05, 3.63) is 0 Å². The Morgan fingerprint density at radius 3 is 2.32 bits per heavy atom. The van der Waals surface area contributed by atoms with Gasteiger partial charge >= 0.3 is 0 Å². The van der Waals surface area contributed by atoms with E-state index in [1.807, 2.05) is 0 Å². The van der Waals surface area contributed by atoms with Gasteiger partial charge in [0.2, 0.25) is 5.91 Å². The van der Waals surface area contributed by atoms with Crippen molar-refractivity contribution in [2.24, 2.45) is 17.6 Å². The molecule has 19 heavy (non-hydrogen) atoms. The summed E-state index contributed by atoms with van der Waals surface area (Å²) in [5, 5.41) is 9.83. The maximum Gasteiger partial charge on any atom is 0.226 e. The standard InChI is InChI=1S/C15H26N2O2/c1-9-6-10(16)2-5-14(9)15(19)17-11-3-4-12(17)8-13(18)7-11/h9-14,18H,2-8,16H2,1H3. The molecular formula is C15H26N2O2. The molecule has 3 aliphatic rings. The highest BCUT2D eigenvalue weighted by Crippen LogP contribution is 2.39. The van der Waals surface area contributed by atoms with E-state index in [4.69, 9.17) is 5.73 Å². The van der Waals surface area contributed by atoms with Crippen LogP contribution in [0, 0.1) is 11.8 Å². The number of amides is 1. The van der Waals surface area contributed by atoms with Crippen LogP contribution >= 0.6 is 0 Å². The Kier molecular flexibility index (Phi) is 3.56. The van der Waals surface area contributed by atoms with Crippen LogP contribution in [0.1, 0.15) is 51.9 Å². The first kappa shape index (κ1) is 13.4. The predicted octanol–water partition coefficient (Wildman–Crippen LogP) is 1.26. The fourth-order valence-electron chi connectivity index (χ4n) is 4.50. The van der Waals surface area contributed by atoms with E-state index in [1.165, 1.54) is 0 Å². The van der Waals surface area contributed by atoms with Crippen LogP contribution in [-0.2, 0) is 4.79 Å². The van der Waals surface area contributed by atoms with Gasteiger partial charge in [0.25, 0.3) is 0 Å². The highest BCUT2D eigenvalue weighted by atomic mass is 16.3. The first-order valence-corrected chi connectivity index (χ1v) is 7.82. The summed E-state index contributed by atoms with van der Waals surface area (Å²) in [6.07, 6.45) is 6.42. The molecule has 5 atom stereocenters. The zero-order chi connectivity index (χ0) is 13.6. The lowest BCUT2D eigenvalue weighted by Crippen LogP contribution is -2.52. The third kappa shape index (κ3) is 2.40. The largest absolute Gasteiger partial charge is 0.393 e. The Morgan fingerprint density at radius 1 is 1.11 bits per heavy atom. The van der Waals surface area contributed by atoms with Gasteiger partial charge in [-0.25, -0.2) is 0 Å². The molecule has 108 valence electrons. The summed E-state index contributed by atoms with van der Waals surface area (Å²) in [6, 6.07) is 0.868. The molecule has 2 aliphatic heterocycles. The number of piperidine rings is 1. The van der Waals surface area contributed by atoms with Crippen molar-refractivity contribution in [2.45, 2.75) is 76.1 Å². The average Bonchev–Trinajstić information content (AvgIpc) is 2.61. The van der Waals surface area contributed by atoms with Gasteiger partial charge in [0.1, 0.15) is 0 Å². The fraction of sp³-hybridized carbons (Fsp3) is 0.933. The van der Waals surface area contributed by atoms with Gasteiger partial charge in [0, 0.05) is 24.0 Å². The minimum absolute atomic E-state index is 0.165. The molecule has 3 rings (SSSR count). The number of hydrogen-bond donors (Lipinski definition) is 2. The molecule has 2 heterocycles. The van der Waals surface area contributed by atoms with Crippen LogP contribution in [0.3, 0.4) is 0 Å². The quantitative estimate of drug-likeness (QED) is 0.751. The summed E-state index contributed by atoms with van der Waals surface area (Å²) in [5.74, 6) is 0.916. The lowest BCUT2D eigenvalue weighted by molar-refractivity contribution is -0.144. The van der Waals surface area contributed by atoms with Crippen LogP contribution in [0.25, 0.3) is 0 Å². The van der Waals surface area contributed by atoms with Gasteiger partial charge in [-0.3, -0.25) is 4.79 Å². The van der Waals surface area contributed by atoms with Crippen LogP contribution in [-0.4, -0.2) is 40.1 Å². The van der Waals surface area contributed by atoms with Crippen molar-refractivity contribution in [2.75, 3.05) is 0 Å². The maximum absolute atomic E-state index is 12.8. The topological polar surface area (TPSA) is 66.6 Å². The van der Waals surface area contributed by atoms with Gasteiger partial charge in [-0.2, -0.15) is 0 Å². The zero-order valence-corrected chi connectivity index (χ0v) is 11.8. The van der Waals surface area contributed by atoms with Crippen molar-refractivity contribution in [1.29, 1.82) is 0 Å². The van der Waals surface area contributed by atoms with Crippen molar-refractivity contribution >= 4 is 5.91 Å². The second-order valence-corrected chi connectivity index (χ2v) is 6.91. The van der Waals surface area contributed by atoms with Crippen molar-refractivity contribution in [3.63, 3.8) is 0 Å². The second kappa shape index (κ2) is 5.06. The highest BCUT2D eigenvalue weighted by Gasteiger charge is 2.45. The second-order valence-electron chi connectivity index (χ2n) is 6.91. The summed E-state index contributed by atoms with van der Waals surface area (Å²) >= 11 is 0. The predicted molar refractivity (Wildman–Crippen MR) is 73.4 cm³/mol. The van der Waals surface area contributed by atoms with Gasteiger partial charge in [-0.05, 0) is 50.9 Å². The monoisotopic (exact) mass is 266 g/mol. The molecule has 0 aromatic heterocycles. The molecule has 2 bridgehead atoms. The molecule has 0 aromatic rings. The number of fused-ring (bicyclic) bond motifs is 2. The Bertz CT molecular complexity index is 346. The van der Waals surface area contributed by atoms with Gasteiger partial charge < -0.3 is 15.7 Å². The number of carbonyl (C=O) groups excluding carboxylic acids is 1. The number of rotatable bonds is 1. The first-order valence-electron chi connectivity index (χ1n) is 7.82. The van der Waals surface area contributed by atoms with Crippen LogP contribution in [0.4, 0.5) is 0 Å². The smallest absolute Gasteiger partial charge is 0.226 e. The van der Waals surface area contributed by atoms with Gasteiger partial charge in [0.15, 0.2) is 0 Å². The minimum atomic E-state index is -0.196. The average molecular weight is 266 g/mol. The number of aliphatic hydroxyl groups is 1. The number of nitrogens with zero attached hydrogens (tertiary/aromatic N) is 1. The van der Waals surface area contributed by atoms with Crippen LogP contribution < -0.4 is 5.73 Å². The summed E-state index contributed by atoms with van der Waals surface area (Å²) in [5.41, 5.74) is 5.99. The summed E-state index contributed by atoms with van der Waals surface area (Å²) in [4.78, 5) is 15.0. The Balaban J connectivity index is 1.71. The van der Waals surface area contributed by atoms with Gasteiger partial charge in [0.05, 0.1) is 6.10 Å². The molecule has 4 nitrogen and oxygen atoms in total. The third-order valence-electron chi connectivity index (χ3n) is 5.49. The number of nitrogens with two attached hydrogens (primary N) is 1. The van der Waals surface area contributed by atoms with E-state index in [0.717, 1.165) is 44.9 Å². The molecule has 1 amide bonds. The normalized spacial score (nSPS) is 46.4. The van der Waals surface area contributed by atoms with E-state index in [9.17, 15) is 9.90 Å². The van der Waals surface area contributed by atoms with E-state index in [2.05, 4.69) is 11.8 Å². The lowest BCUT2D eigenvalue weighted by atomic mass is 9.77. The SMILES string of the molecule is CC1CC(N)CCC1C(=O)N1C2CCC1CC(O)C2. The van der Waals surface area contributed by atoms with Crippen LogP contribution in [0.5, 0.6) is 0 Å². The minimum Gasteiger partial charge on any atom is -0.393 e. The maximum atomic E-state index is 12.8. The van der Waals surface area contributed by atoms with Crippen molar-refractivity contribution < 1.29 is 9.90 Å². The van der Waals surface area contributed by atoms with E-state index < -0.39 is 0 Å². The molecule has 0 spiro atoms. The van der Waals surface area contributed by atoms with Crippen molar-refractivity contribution in [1.82, 2.24) is 4.90 Å². The number of aliphatic hydroxyl groups excluding tert-OH is 1. The van der Waals surface area contributed by atoms with Crippen LogP contribution in [0.2, 0.25) is 0 Å². The summed E-state index contributed by atoms with van der Waals surface area (Å²) in [7, 11) is 0. The fourth-order valence-corrected chi connectivity index (χ4v) is 4.50. The molecule has 0 radical (unpaired) electrons. The summed E-state index contributed by atoms with van der Waals surface area (Å²) < 4.78 is 0. The van der Waals surface area contributed by atoms with Gasteiger partial charge in [-0.15, -0.1) is 0 Å². The van der Waals surface area contributed by atoms with E-state index in [1.54, 1.807) is 0 Å². The summed E-state index contributed by atoms with van der Waals surface area (Å²) in [6.45, 7) is 2.17. The molecular weight excluding hydrogens is 240 g/mol. The number of hydrogen-bond acceptors (Lipinski definition) is 3. The molecule has 1 saturated carbocycles. The Morgan fingerprint density at radius 2 is 1.74 bits per heavy atom. The van der Waals surface area contributed by atoms with Crippen LogP contribution in [0.15, 0.2) is 0 Å². The van der Waals surface area contributed by atoms with E-state index >= 15 is 0 Å². The highest BCUT2D eigenvalue weighted by molar-refractivity contribution is 5.80. The Hall–Kier alpha value is -0.610. The van der Waals surface area contributed by atoms with Gasteiger partial charge in [-0.1, -0.05) is 6.92 Å². The molecule has 4 heteroatoms. The van der Waals surface area contributed by atoms with E-state index in [0.29, 0.717) is 23.9 Å².